The number of ether oxygens (including phenoxy) is 1. The minimum atomic E-state index is -0.194. The summed E-state index contributed by atoms with van der Waals surface area (Å²) >= 11 is 5.97. The number of methoxy groups -OCH3 is 1. The zero-order chi connectivity index (χ0) is 14.5. The van der Waals surface area contributed by atoms with Crippen molar-refractivity contribution in [3.8, 4) is 5.75 Å². The van der Waals surface area contributed by atoms with E-state index in [-0.39, 0.29) is 11.9 Å². The minimum Gasteiger partial charge on any atom is -0.496 e. The van der Waals surface area contributed by atoms with Crippen LogP contribution < -0.4 is 10.1 Å². The molecule has 2 aromatic carbocycles. The van der Waals surface area contributed by atoms with Gasteiger partial charge in [0, 0.05) is 16.6 Å². The molecule has 0 saturated heterocycles. The maximum Gasteiger partial charge on any atom is 0.126 e. The molecule has 0 heterocycles. The van der Waals surface area contributed by atoms with Crippen molar-refractivity contribution in [3.63, 3.8) is 0 Å². The van der Waals surface area contributed by atoms with Crippen molar-refractivity contribution in [2.75, 3.05) is 14.2 Å². The van der Waals surface area contributed by atoms with Crippen LogP contribution in [0.5, 0.6) is 5.75 Å². The summed E-state index contributed by atoms with van der Waals surface area (Å²) in [5.41, 5.74) is 1.63. The fourth-order valence-corrected chi connectivity index (χ4v) is 2.39. The number of hydrogen-bond donors (Lipinski definition) is 1. The van der Waals surface area contributed by atoms with Gasteiger partial charge >= 0.3 is 0 Å². The third kappa shape index (κ3) is 3.30. The van der Waals surface area contributed by atoms with Crippen molar-refractivity contribution in [2.24, 2.45) is 0 Å². The van der Waals surface area contributed by atoms with Gasteiger partial charge in [0.1, 0.15) is 11.6 Å². The summed E-state index contributed by atoms with van der Waals surface area (Å²) in [5.74, 6) is 0.508. The van der Waals surface area contributed by atoms with E-state index in [1.165, 1.54) is 6.07 Å². The predicted molar refractivity (Wildman–Crippen MR) is 79.9 cm³/mol. The van der Waals surface area contributed by atoms with E-state index in [0.717, 1.165) is 5.56 Å². The van der Waals surface area contributed by atoms with Gasteiger partial charge in [0.15, 0.2) is 0 Å². The molecular formula is C16H17ClFNO. The summed E-state index contributed by atoms with van der Waals surface area (Å²) in [7, 11) is 3.45. The topological polar surface area (TPSA) is 21.3 Å². The SMILES string of the molecule is CNC(Cc1ccccc1F)c1ccc(Cl)cc1OC. The number of hydrogen-bond acceptors (Lipinski definition) is 2. The van der Waals surface area contributed by atoms with E-state index in [1.54, 1.807) is 25.3 Å². The van der Waals surface area contributed by atoms with Crippen molar-refractivity contribution >= 4 is 11.6 Å². The van der Waals surface area contributed by atoms with Crippen LogP contribution in [0.3, 0.4) is 0 Å². The lowest BCUT2D eigenvalue weighted by atomic mass is 9.98. The van der Waals surface area contributed by atoms with Gasteiger partial charge in [-0.25, -0.2) is 4.39 Å². The van der Waals surface area contributed by atoms with E-state index in [9.17, 15) is 4.39 Å². The lowest BCUT2D eigenvalue weighted by Gasteiger charge is -2.20. The molecule has 4 heteroatoms. The van der Waals surface area contributed by atoms with E-state index in [4.69, 9.17) is 16.3 Å². The smallest absolute Gasteiger partial charge is 0.126 e. The third-order valence-electron chi connectivity index (χ3n) is 3.30. The molecule has 0 aliphatic heterocycles. The van der Waals surface area contributed by atoms with Gasteiger partial charge in [-0.15, -0.1) is 0 Å². The van der Waals surface area contributed by atoms with Crippen LogP contribution >= 0.6 is 11.6 Å². The predicted octanol–water partition coefficient (Wildman–Crippen LogP) is 3.99. The highest BCUT2D eigenvalue weighted by molar-refractivity contribution is 6.30. The van der Waals surface area contributed by atoms with Crippen molar-refractivity contribution in [1.29, 1.82) is 0 Å². The van der Waals surface area contributed by atoms with Crippen molar-refractivity contribution in [2.45, 2.75) is 12.5 Å². The molecule has 0 fully saturated rings. The summed E-state index contributed by atoms with van der Waals surface area (Å²) in [6, 6.07) is 12.2. The largest absolute Gasteiger partial charge is 0.496 e. The summed E-state index contributed by atoms with van der Waals surface area (Å²) in [4.78, 5) is 0. The van der Waals surface area contributed by atoms with Crippen molar-refractivity contribution in [1.82, 2.24) is 5.32 Å². The zero-order valence-electron chi connectivity index (χ0n) is 11.5. The molecule has 2 aromatic rings. The van der Waals surface area contributed by atoms with Crippen LogP contribution in [0.25, 0.3) is 0 Å². The van der Waals surface area contributed by atoms with Crippen LogP contribution in [-0.4, -0.2) is 14.2 Å². The summed E-state index contributed by atoms with van der Waals surface area (Å²) in [6.07, 6.45) is 0.543. The van der Waals surface area contributed by atoms with Crippen LogP contribution in [0.4, 0.5) is 4.39 Å². The molecule has 1 unspecified atom stereocenters. The van der Waals surface area contributed by atoms with Crippen LogP contribution in [0.2, 0.25) is 5.02 Å². The normalized spacial score (nSPS) is 12.2. The molecule has 0 spiro atoms. The Labute approximate surface area is 123 Å². The number of halogens is 2. The van der Waals surface area contributed by atoms with Crippen LogP contribution in [0.15, 0.2) is 42.5 Å². The fourth-order valence-electron chi connectivity index (χ4n) is 2.22. The molecule has 0 aliphatic carbocycles. The standard InChI is InChI=1S/C16H17ClFNO/c1-19-15(9-11-5-3-4-6-14(11)18)13-8-7-12(17)10-16(13)20-2/h3-8,10,15,19H,9H2,1-2H3. The molecule has 0 amide bonds. The van der Waals surface area contributed by atoms with Gasteiger partial charge < -0.3 is 10.1 Å². The highest BCUT2D eigenvalue weighted by Crippen LogP contribution is 2.30. The van der Waals surface area contributed by atoms with Crippen molar-refractivity contribution in [3.05, 3.63) is 64.4 Å². The van der Waals surface area contributed by atoms with Gasteiger partial charge in [-0.05, 0) is 37.2 Å². The Morgan fingerprint density at radius 2 is 2.00 bits per heavy atom. The lowest BCUT2D eigenvalue weighted by molar-refractivity contribution is 0.400. The summed E-state index contributed by atoms with van der Waals surface area (Å²) in [5, 5.41) is 3.82. The van der Waals surface area contributed by atoms with E-state index in [1.807, 2.05) is 25.2 Å². The Morgan fingerprint density at radius 3 is 2.65 bits per heavy atom. The van der Waals surface area contributed by atoms with Gasteiger partial charge in [0.05, 0.1) is 7.11 Å². The lowest BCUT2D eigenvalue weighted by Crippen LogP contribution is -2.20. The third-order valence-corrected chi connectivity index (χ3v) is 3.54. The Kier molecular flexibility index (Phi) is 4.99. The highest BCUT2D eigenvalue weighted by Gasteiger charge is 2.17. The molecule has 1 N–H and O–H groups in total. The first-order valence-corrected chi connectivity index (χ1v) is 6.77. The Morgan fingerprint density at radius 1 is 1.25 bits per heavy atom. The van der Waals surface area contributed by atoms with Gasteiger partial charge in [-0.3, -0.25) is 0 Å². The quantitative estimate of drug-likeness (QED) is 0.900. The second kappa shape index (κ2) is 6.73. The van der Waals surface area contributed by atoms with Gasteiger partial charge in [0.25, 0.3) is 0 Å². The molecule has 0 aromatic heterocycles. The number of nitrogens with one attached hydrogen (secondary N) is 1. The summed E-state index contributed by atoms with van der Waals surface area (Å²) < 4.78 is 19.1. The molecular weight excluding hydrogens is 277 g/mol. The fraction of sp³-hybridized carbons (Fsp3) is 0.250. The first kappa shape index (κ1) is 14.8. The maximum atomic E-state index is 13.8. The molecule has 0 aliphatic rings. The monoisotopic (exact) mass is 293 g/mol. The van der Waals surface area contributed by atoms with E-state index >= 15 is 0 Å². The number of rotatable bonds is 5. The van der Waals surface area contributed by atoms with Gasteiger partial charge in [0.2, 0.25) is 0 Å². The molecule has 20 heavy (non-hydrogen) atoms. The number of benzene rings is 2. The van der Waals surface area contributed by atoms with Crippen molar-refractivity contribution < 1.29 is 9.13 Å². The van der Waals surface area contributed by atoms with Gasteiger partial charge in [-0.1, -0.05) is 35.9 Å². The van der Waals surface area contributed by atoms with Crippen LogP contribution in [0, 0.1) is 5.82 Å². The first-order chi connectivity index (χ1) is 9.65. The molecule has 106 valence electrons. The molecule has 0 radical (unpaired) electrons. The molecule has 1 atom stereocenters. The van der Waals surface area contributed by atoms with Crippen LogP contribution in [-0.2, 0) is 6.42 Å². The second-order valence-electron chi connectivity index (χ2n) is 4.52. The Bertz CT molecular complexity index is 588. The average Bonchev–Trinajstić information content (AvgIpc) is 2.46. The molecule has 0 bridgehead atoms. The molecule has 0 saturated carbocycles. The Hall–Kier alpha value is -1.58. The minimum absolute atomic E-state index is 0.0425. The van der Waals surface area contributed by atoms with Crippen LogP contribution in [0.1, 0.15) is 17.2 Å². The average molecular weight is 294 g/mol. The highest BCUT2D eigenvalue weighted by atomic mass is 35.5. The maximum absolute atomic E-state index is 13.8. The number of likely N-dealkylation sites (N-methyl/N-ethyl adjacent to an activating group) is 1. The van der Waals surface area contributed by atoms with E-state index in [0.29, 0.717) is 22.8 Å². The van der Waals surface area contributed by atoms with E-state index < -0.39 is 0 Å². The Balaban J connectivity index is 2.31. The second-order valence-corrected chi connectivity index (χ2v) is 4.96. The van der Waals surface area contributed by atoms with E-state index in [2.05, 4.69) is 5.32 Å². The van der Waals surface area contributed by atoms with Gasteiger partial charge in [-0.2, -0.15) is 0 Å². The molecule has 2 rings (SSSR count). The summed E-state index contributed by atoms with van der Waals surface area (Å²) in [6.45, 7) is 0. The molecule has 2 nitrogen and oxygen atoms in total. The zero-order valence-corrected chi connectivity index (χ0v) is 12.2. The first-order valence-electron chi connectivity index (χ1n) is 6.39.